The second-order valence-electron chi connectivity index (χ2n) is 21.7. The van der Waals surface area contributed by atoms with E-state index in [0.717, 1.165) is 22.3 Å². The van der Waals surface area contributed by atoms with Gasteiger partial charge < -0.3 is 138 Å². The van der Waals surface area contributed by atoms with Crippen molar-refractivity contribution in [2.24, 2.45) is 0 Å². The molecule has 0 bridgehead atoms. The van der Waals surface area contributed by atoms with Crippen LogP contribution in [-0.4, -0.2) is 30.6 Å². The van der Waals surface area contributed by atoms with Gasteiger partial charge in [0.2, 0.25) is 0 Å². The Morgan fingerprint density at radius 3 is 0.667 bits per heavy atom. The molecular formula is C78H60N6Ni3O6S6-12. The predicted molar refractivity (Wildman–Crippen MR) is 396 cm³/mol. The van der Waals surface area contributed by atoms with Crippen LogP contribution in [0.2, 0.25) is 0 Å². The Labute approximate surface area is 640 Å². The number of para-hydroxylation sites is 8. The molecular weight excluding hydrogens is 1490 g/mol. The molecule has 0 aliphatic carbocycles. The van der Waals surface area contributed by atoms with Crippen molar-refractivity contribution in [1.29, 1.82) is 0 Å². The van der Waals surface area contributed by atoms with Crippen molar-refractivity contribution in [3.63, 3.8) is 0 Å². The minimum atomic E-state index is -0.664. The molecule has 0 saturated carbocycles. The van der Waals surface area contributed by atoms with E-state index in [2.05, 4.69) is 0 Å². The molecule has 0 radical (unpaired) electrons. The number of aromatic hydroxyl groups is 6. The molecule has 0 fully saturated rings. The fourth-order valence-electron chi connectivity index (χ4n) is 10.4. The van der Waals surface area contributed by atoms with E-state index in [1.807, 2.05) is 182 Å². The third kappa shape index (κ3) is 21.0. The minimum absolute atomic E-state index is 0. The second-order valence-corrected chi connectivity index (χ2v) is 24.4. The molecule has 6 N–H and O–H groups in total. The van der Waals surface area contributed by atoms with Crippen LogP contribution in [0.5, 0.6) is 34.5 Å². The zero-order valence-electron chi connectivity index (χ0n) is 51.9. The number of phenols is 6. The Hall–Kier alpha value is -8.96. The van der Waals surface area contributed by atoms with Gasteiger partial charge in [-0.05, 0) is 71.8 Å². The summed E-state index contributed by atoms with van der Waals surface area (Å²) < 4.78 is 0. The maximum absolute atomic E-state index is 10.7. The molecule has 99 heavy (non-hydrogen) atoms. The summed E-state index contributed by atoms with van der Waals surface area (Å²) in [5.74, 6) is 0.784. The molecule has 12 aromatic carbocycles. The number of rotatable bonds is 21. The van der Waals surface area contributed by atoms with Crippen molar-refractivity contribution in [2.75, 3.05) is 0 Å². The first-order chi connectivity index (χ1) is 46.6. The molecule has 12 aromatic rings. The van der Waals surface area contributed by atoms with Gasteiger partial charge in [-0.15, -0.1) is 24.2 Å². The zero-order valence-corrected chi connectivity index (χ0v) is 59.8. The quantitative estimate of drug-likeness (QED) is 0.0294. The van der Waals surface area contributed by atoms with E-state index in [9.17, 15) is 30.6 Å². The molecule has 0 aliphatic heterocycles. The topological polar surface area (TPSA) is 206 Å². The Bertz CT molecular complexity index is 4250. The van der Waals surface area contributed by atoms with E-state index in [0.29, 0.717) is 74.6 Å². The number of benzene rings is 12. The van der Waals surface area contributed by atoms with Gasteiger partial charge in [-0.3, -0.25) is 0 Å². The molecule has 6 unspecified atom stereocenters. The molecule has 0 aliphatic rings. The maximum atomic E-state index is 10.7. The Morgan fingerprint density at radius 1 is 0.202 bits per heavy atom. The van der Waals surface area contributed by atoms with Crippen LogP contribution >= 0.6 is 0 Å². The molecule has 0 amide bonds. The fourth-order valence-corrected chi connectivity index (χ4v) is 11.6. The zero-order chi connectivity index (χ0) is 67.5. The maximum Gasteiger partial charge on any atom is 0.117 e. The smallest absolute Gasteiger partial charge is 0.117 e. The molecule has 12 nitrogen and oxygen atoms in total. The molecule has 6 atom stereocenters. The second kappa shape index (κ2) is 37.8. The van der Waals surface area contributed by atoms with Gasteiger partial charge >= 0.3 is 0 Å². The van der Waals surface area contributed by atoms with Crippen molar-refractivity contribution in [3.8, 4) is 34.5 Å². The van der Waals surface area contributed by atoms with Gasteiger partial charge in [0.15, 0.2) is 0 Å². The Kier molecular flexibility index (Phi) is 29.6. The van der Waals surface area contributed by atoms with E-state index in [4.69, 9.17) is 108 Å². The predicted octanol–water partition coefficient (Wildman–Crippen LogP) is 21.3. The summed E-state index contributed by atoms with van der Waals surface area (Å²) in [5.41, 5.74) is 8.31. The number of nitrogens with zero attached hydrogens (tertiary/aromatic N) is 6. The van der Waals surface area contributed by atoms with Crippen molar-refractivity contribution in [1.82, 2.24) is 0 Å². The minimum Gasteiger partial charge on any atom is -0.781 e. The largest absolute Gasteiger partial charge is 0.781 e. The molecule has 0 spiro atoms. The molecule has 0 heterocycles. The van der Waals surface area contributed by atoms with Crippen LogP contribution in [0.1, 0.15) is 69.6 Å². The Balaban J connectivity index is 0.000000206. The summed E-state index contributed by atoms with van der Waals surface area (Å²) >= 11 is 32.9. The molecule has 0 aromatic heterocycles. The van der Waals surface area contributed by atoms with Crippen LogP contribution in [0.3, 0.4) is 0 Å². The summed E-state index contributed by atoms with van der Waals surface area (Å²) in [6.45, 7) is 0. The van der Waals surface area contributed by atoms with E-state index in [1.54, 1.807) is 109 Å². The van der Waals surface area contributed by atoms with Crippen LogP contribution in [0, 0.1) is 0 Å². The summed E-state index contributed by atoms with van der Waals surface area (Å²) in [7, 11) is 0. The average Bonchev–Trinajstić information content (AvgIpc) is 0.807. The van der Waals surface area contributed by atoms with Gasteiger partial charge in [0.25, 0.3) is 0 Å². The standard InChI is InChI=1S/3C26H22N2O2S2.3Ni/c29-21-13-5-1-9-17(21)25(27-19-11-3-7-15-23(19)31)26(18-10-2-6-14-22(18)30)28-20-12-4-8-16-24(20)32;29-19-9-5-7-17(15-19)25(27-21-11-1-3-13-23(21)31)26(18-8-6-10-20(30)16-18)28-22-12-2-4-14-24(22)32;29-19-13-9-17(10-14-19)25(27-21-5-1-3-7-23(21)31)26(18-11-15-20(30)16-12-18)28-22-6-2-4-8-24(22)32;;;/h3*1-16,25-26,29-32H;;;/q3*-2;;;/p-6. The van der Waals surface area contributed by atoms with Crippen LogP contribution in [0.25, 0.3) is 31.9 Å². The normalized spacial score (nSPS) is 12.2. The van der Waals surface area contributed by atoms with Gasteiger partial charge in [-0.2, -0.15) is 63.5 Å². The summed E-state index contributed by atoms with van der Waals surface area (Å²) in [6, 6.07) is 83.1. The average molecular weight is 1550 g/mol. The third-order valence-electron chi connectivity index (χ3n) is 15.2. The molecule has 21 heteroatoms. The van der Waals surface area contributed by atoms with Crippen LogP contribution in [-0.2, 0) is 125 Å². The van der Waals surface area contributed by atoms with Crippen molar-refractivity contribution in [3.05, 3.63) is 356 Å². The SMILES string of the molecule is Oc1ccc(C([N-]c2ccccc2[S-])C([N-]c2ccccc2[S-])c2ccc(O)cc2)cc1.Oc1cccc(C([N-]c2ccccc2[S-])C([N-]c2ccccc2[S-])c2cccc(O)c2)c1.Oc1ccccc1C([N-]c1ccccc1[S-])C([N-]c1ccccc1[S-])c1ccccc1O.[Ni].[Ni].[Ni]. The van der Waals surface area contributed by atoms with Crippen molar-refractivity contribution < 1.29 is 80.1 Å². The van der Waals surface area contributed by atoms with E-state index in [-0.39, 0.29) is 84.0 Å². The number of hydrogen-bond donors (Lipinski definition) is 6. The van der Waals surface area contributed by atoms with Gasteiger partial charge in [-0.1, -0.05) is 265 Å². The van der Waals surface area contributed by atoms with Crippen LogP contribution in [0.15, 0.2) is 321 Å². The van der Waals surface area contributed by atoms with Gasteiger partial charge in [0.1, 0.15) is 34.5 Å². The molecule has 0 saturated heterocycles. The number of hydrogen-bond acceptors (Lipinski definition) is 12. The first-order valence-corrected chi connectivity index (χ1v) is 32.5. The van der Waals surface area contributed by atoms with Crippen LogP contribution < -0.4 is 0 Å². The Morgan fingerprint density at radius 2 is 0.424 bits per heavy atom. The summed E-state index contributed by atoms with van der Waals surface area (Å²) in [5, 5.41) is 91.2. The fraction of sp³-hybridized carbons (Fsp3) is 0.0769. The van der Waals surface area contributed by atoms with Gasteiger partial charge in [0, 0.05) is 49.5 Å². The molecule has 516 valence electrons. The van der Waals surface area contributed by atoms with Crippen molar-refractivity contribution in [2.45, 2.75) is 65.6 Å². The first kappa shape index (κ1) is 77.4. The molecule has 12 rings (SSSR count). The van der Waals surface area contributed by atoms with Crippen molar-refractivity contribution >= 4 is 110 Å². The number of phenolic OH excluding ortho intramolecular Hbond substituents is 6. The monoisotopic (exact) mass is 1540 g/mol. The van der Waals surface area contributed by atoms with E-state index >= 15 is 0 Å². The third-order valence-corrected chi connectivity index (χ3v) is 17.2. The van der Waals surface area contributed by atoms with E-state index in [1.165, 1.54) is 0 Å². The summed E-state index contributed by atoms with van der Waals surface area (Å²) in [4.78, 5) is 3.71. The first-order valence-electron chi connectivity index (χ1n) is 30.1. The van der Waals surface area contributed by atoms with E-state index < -0.39 is 36.3 Å². The van der Waals surface area contributed by atoms with Gasteiger partial charge in [-0.25, -0.2) is 0 Å². The van der Waals surface area contributed by atoms with Gasteiger partial charge in [0.05, 0.1) is 0 Å². The van der Waals surface area contributed by atoms with Crippen LogP contribution in [0.4, 0.5) is 34.1 Å². The summed E-state index contributed by atoms with van der Waals surface area (Å²) in [6.07, 6.45) is 0.